The highest BCUT2D eigenvalue weighted by Crippen LogP contribution is 2.33. The zero-order valence-corrected chi connectivity index (χ0v) is 56.7. The van der Waals surface area contributed by atoms with Gasteiger partial charge in [0.25, 0.3) is 0 Å². The SMILES string of the molecule is CCCCCCCCCCCCCCCCCCCCCCCCCCCCCCC(O)C(COC1OC(CO)C(OC2OC(CO)C(OC3OC(CO)C(O)C(O)C3O)C(O)C2O)C(O)C1O)NC(=O)CCCCCCCCCCCCCCCCCCC. The fraction of sp³-hybridized carbons (Fsp3) is 0.986. The van der Waals surface area contributed by atoms with Crippen molar-refractivity contribution in [1.29, 1.82) is 0 Å². The normalized spacial score (nSPS) is 27.9. The highest BCUT2D eigenvalue weighted by Gasteiger charge is 2.53. The Balaban J connectivity index is 1.39. The lowest BCUT2D eigenvalue weighted by Gasteiger charge is -2.48. The van der Waals surface area contributed by atoms with Crippen molar-refractivity contribution in [2.45, 2.75) is 420 Å². The quantitative estimate of drug-likeness (QED) is 0.0252. The van der Waals surface area contributed by atoms with Gasteiger partial charge in [-0.25, -0.2) is 0 Å². The van der Waals surface area contributed by atoms with Gasteiger partial charge >= 0.3 is 0 Å². The first-order valence-electron chi connectivity index (χ1n) is 37.3. The van der Waals surface area contributed by atoms with E-state index in [1.807, 2.05) is 0 Å². The van der Waals surface area contributed by atoms with Crippen LogP contribution in [0.3, 0.4) is 0 Å². The predicted octanol–water partition coefficient (Wildman–Crippen LogP) is 10.7. The molecular formula is C71H137NO18. The Morgan fingerprint density at radius 2 is 0.633 bits per heavy atom. The number of unbranched alkanes of at least 4 members (excludes halogenated alkanes) is 43. The van der Waals surface area contributed by atoms with Crippen LogP contribution in [0.15, 0.2) is 0 Å². The molecule has 3 aliphatic rings. The highest BCUT2D eigenvalue weighted by molar-refractivity contribution is 5.76. The standard InChI is InChI=1S/C71H137NO18/c1-3-5-7-9-11-13-15-17-19-21-22-23-24-25-26-27-28-29-30-31-33-34-36-38-40-42-44-46-48-55(76)54(72-59(77)49-47-45-43-41-39-37-35-32-20-18-16-14-12-10-8-6-4-2)53-85-69-65(83)62(80)67(57(51-74)87-69)90-71-66(84)63(81)68(58(52-75)88-71)89-70-64(82)61(79)60(78)56(50-73)86-70/h54-58,60-71,73-76,78-84H,3-53H2,1-2H3,(H,72,77). The Bertz CT molecular complexity index is 1640. The maximum absolute atomic E-state index is 13.4. The topological polar surface area (TPSA) is 307 Å². The van der Waals surface area contributed by atoms with Gasteiger partial charge < -0.3 is 89.9 Å². The molecule has 1 amide bonds. The first-order valence-corrected chi connectivity index (χ1v) is 37.3. The van der Waals surface area contributed by atoms with Gasteiger partial charge in [-0.1, -0.05) is 296 Å². The molecule has 19 heteroatoms. The summed E-state index contributed by atoms with van der Waals surface area (Å²) in [6, 6.07) is -0.882. The Morgan fingerprint density at radius 1 is 0.356 bits per heavy atom. The van der Waals surface area contributed by atoms with Gasteiger partial charge in [0.1, 0.15) is 73.2 Å². The van der Waals surface area contributed by atoms with E-state index in [0.717, 1.165) is 44.9 Å². The highest BCUT2D eigenvalue weighted by atomic mass is 16.8. The van der Waals surface area contributed by atoms with Crippen LogP contribution >= 0.6 is 0 Å². The molecule has 3 fully saturated rings. The summed E-state index contributed by atoms with van der Waals surface area (Å²) >= 11 is 0. The molecular weight excluding hydrogens is 1150 g/mol. The van der Waals surface area contributed by atoms with Gasteiger partial charge in [-0.15, -0.1) is 0 Å². The molecule has 19 nitrogen and oxygen atoms in total. The number of aliphatic hydroxyl groups excluding tert-OH is 11. The van der Waals surface area contributed by atoms with Gasteiger partial charge in [0.15, 0.2) is 18.9 Å². The largest absolute Gasteiger partial charge is 0.394 e. The van der Waals surface area contributed by atoms with Crippen LogP contribution in [0.2, 0.25) is 0 Å². The van der Waals surface area contributed by atoms with Crippen LogP contribution in [0.4, 0.5) is 0 Å². The minimum absolute atomic E-state index is 0.235. The second kappa shape index (κ2) is 53.9. The fourth-order valence-corrected chi connectivity index (χ4v) is 13.1. The van der Waals surface area contributed by atoms with E-state index in [1.165, 1.54) is 238 Å². The number of amides is 1. The Morgan fingerprint density at radius 3 is 0.967 bits per heavy atom. The van der Waals surface area contributed by atoms with E-state index in [1.54, 1.807) is 0 Å². The van der Waals surface area contributed by atoms with E-state index in [9.17, 15) is 61.0 Å². The number of ether oxygens (including phenoxy) is 6. The molecule has 0 radical (unpaired) electrons. The smallest absolute Gasteiger partial charge is 0.220 e. The number of aliphatic hydroxyl groups is 11. The van der Waals surface area contributed by atoms with Crippen molar-refractivity contribution in [1.82, 2.24) is 5.32 Å². The van der Waals surface area contributed by atoms with E-state index in [2.05, 4.69) is 19.2 Å². The van der Waals surface area contributed by atoms with Crippen molar-refractivity contribution < 1.29 is 89.4 Å². The molecule has 0 aromatic carbocycles. The summed E-state index contributed by atoms with van der Waals surface area (Å²) in [7, 11) is 0. The molecule has 0 saturated carbocycles. The van der Waals surface area contributed by atoms with Crippen molar-refractivity contribution in [2.75, 3.05) is 26.4 Å². The summed E-state index contributed by atoms with van der Waals surface area (Å²) < 4.78 is 34.5. The first-order chi connectivity index (χ1) is 43.8. The van der Waals surface area contributed by atoms with Crippen LogP contribution in [0, 0.1) is 0 Å². The van der Waals surface area contributed by atoms with Gasteiger partial charge in [0.05, 0.1) is 38.6 Å². The Labute approximate surface area is 544 Å². The summed E-state index contributed by atoms with van der Waals surface area (Å²) in [6.45, 7) is 1.85. The molecule has 0 bridgehead atoms. The summed E-state index contributed by atoms with van der Waals surface area (Å²) in [6.07, 6.45) is 31.9. The minimum atomic E-state index is -1.97. The number of rotatable bonds is 59. The molecule has 17 atom stereocenters. The number of hydrogen-bond donors (Lipinski definition) is 12. The van der Waals surface area contributed by atoms with Gasteiger partial charge in [0.2, 0.25) is 5.91 Å². The lowest BCUT2D eigenvalue weighted by atomic mass is 9.96. The van der Waals surface area contributed by atoms with Crippen LogP contribution in [-0.2, 0) is 33.2 Å². The van der Waals surface area contributed by atoms with Gasteiger partial charge in [-0.3, -0.25) is 4.79 Å². The van der Waals surface area contributed by atoms with Crippen molar-refractivity contribution in [3.8, 4) is 0 Å². The second-order valence-corrected chi connectivity index (χ2v) is 27.1. The molecule has 12 N–H and O–H groups in total. The average molecular weight is 1290 g/mol. The third-order valence-corrected chi connectivity index (χ3v) is 19.2. The molecule has 3 aliphatic heterocycles. The van der Waals surface area contributed by atoms with Crippen molar-refractivity contribution >= 4 is 5.91 Å². The molecule has 0 spiro atoms. The van der Waals surface area contributed by atoms with Gasteiger partial charge in [-0.05, 0) is 12.8 Å². The van der Waals surface area contributed by atoms with Gasteiger partial charge in [-0.2, -0.15) is 0 Å². The summed E-state index contributed by atoms with van der Waals surface area (Å²) in [5, 5.41) is 121. The number of carbonyl (C=O) groups excluding carboxylic acids is 1. The van der Waals surface area contributed by atoms with E-state index < -0.39 is 124 Å². The molecule has 0 aromatic heterocycles. The molecule has 17 unspecified atom stereocenters. The average Bonchev–Trinajstić information content (AvgIpc) is 1.05. The number of carbonyl (C=O) groups is 1. The first kappa shape index (κ1) is 83.0. The van der Waals surface area contributed by atoms with E-state index in [-0.39, 0.29) is 18.9 Å². The van der Waals surface area contributed by atoms with Gasteiger partial charge in [0, 0.05) is 6.42 Å². The van der Waals surface area contributed by atoms with Crippen LogP contribution in [0.25, 0.3) is 0 Å². The molecule has 3 heterocycles. The Kier molecular flexibility index (Phi) is 49.7. The summed E-state index contributed by atoms with van der Waals surface area (Å²) in [4.78, 5) is 13.4. The van der Waals surface area contributed by atoms with Crippen LogP contribution in [0.1, 0.15) is 316 Å². The maximum Gasteiger partial charge on any atom is 0.220 e. The number of hydrogen-bond acceptors (Lipinski definition) is 18. The zero-order valence-electron chi connectivity index (χ0n) is 56.7. The molecule has 0 aromatic rings. The van der Waals surface area contributed by atoms with Crippen LogP contribution in [-0.4, -0.2) is 193 Å². The summed E-state index contributed by atoms with van der Waals surface area (Å²) in [5.41, 5.74) is 0. The third kappa shape index (κ3) is 35.2. The molecule has 3 rings (SSSR count). The van der Waals surface area contributed by atoms with E-state index in [0.29, 0.717) is 12.8 Å². The number of nitrogens with one attached hydrogen (secondary N) is 1. The monoisotopic (exact) mass is 1290 g/mol. The van der Waals surface area contributed by atoms with E-state index in [4.69, 9.17) is 28.4 Å². The fourth-order valence-electron chi connectivity index (χ4n) is 13.1. The van der Waals surface area contributed by atoms with Crippen LogP contribution < -0.4 is 5.32 Å². The van der Waals surface area contributed by atoms with Crippen LogP contribution in [0.5, 0.6) is 0 Å². The lowest BCUT2D eigenvalue weighted by Crippen LogP contribution is -2.66. The third-order valence-electron chi connectivity index (χ3n) is 19.2. The maximum atomic E-state index is 13.4. The lowest BCUT2D eigenvalue weighted by molar-refractivity contribution is -0.379. The Hall–Kier alpha value is -1.21. The molecule has 3 saturated heterocycles. The van der Waals surface area contributed by atoms with Crippen molar-refractivity contribution in [2.24, 2.45) is 0 Å². The minimum Gasteiger partial charge on any atom is -0.394 e. The zero-order chi connectivity index (χ0) is 65.4. The molecule has 90 heavy (non-hydrogen) atoms. The van der Waals surface area contributed by atoms with E-state index >= 15 is 0 Å². The van der Waals surface area contributed by atoms with Crippen molar-refractivity contribution in [3.05, 3.63) is 0 Å². The molecule has 534 valence electrons. The second-order valence-electron chi connectivity index (χ2n) is 27.1. The summed E-state index contributed by atoms with van der Waals surface area (Å²) in [5.74, 6) is -0.235. The molecule has 0 aliphatic carbocycles. The van der Waals surface area contributed by atoms with Crippen molar-refractivity contribution in [3.63, 3.8) is 0 Å². The predicted molar refractivity (Wildman–Crippen MR) is 351 cm³/mol.